The summed E-state index contributed by atoms with van der Waals surface area (Å²) in [7, 11) is 0. The number of carboxylic acids is 1. The average molecular weight is 369 g/mol. The summed E-state index contributed by atoms with van der Waals surface area (Å²) in [4.78, 5) is 15.1. The third-order valence-corrected chi connectivity index (χ3v) is 4.80. The van der Waals surface area contributed by atoms with Crippen LogP contribution in [0.5, 0.6) is 0 Å². The topological polar surface area (TPSA) is 89.1 Å². The van der Waals surface area contributed by atoms with E-state index in [1.807, 2.05) is 30.3 Å². The number of hydrogen-bond donors (Lipinski definition) is 1. The van der Waals surface area contributed by atoms with Crippen LogP contribution >= 0.6 is 11.3 Å². The Labute approximate surface area is 151 Å². The number of carboxylic acid groups (broad SMARTS) is 1. The summed E-state index contributed by atoms with van der Waals surface area (Å²) < 4.78 is 20.7. The molecule has 0 aliphatic rings. The van der Waals surface area contributed by atoms with Crippen LogP contribution in [0.4, 0.5) is 4.39 Å². The van der Waals surface area contributed by atoms with Gasteiger partial charge >= 0.3 is 5.97 Å². The summed E-state index contributed by atoms with van der Waals surface area (Å²) in [5.41, 5.74) is 1.89. The molecule has 1 N–H and O–H groups in total. The molecule has 4 rings (SSSR count). The van der Waals surface area contributed by atoms with E-state index in [9.17, 15) is 9.18 Å². The van der Waals surface area contributed by atoms with Crippen molar-refractivity contribution in [2.24, 2.45) is 0 Å². The Bertz CT molecular complexity index is 1090. The van der Waals surface area contributed by atoms with Gasteiger partial charge in [-0.05, 0) is 17.7 Å². The van der Waals surface area contributed by atoms with Gasteiger partial charge in [-0.15, -0.1) is 21.5 Å². The van der Waals surface area contributed by atoms with E-state index >= 15 is 0 Å². The van der Waals surface area contributed by atoms with Crippen LogP contribution in [0.1, 0.15) is 16.8 Å². The Kier molecular flexibility index (Phi) is 4.18. The fourth-order valence-electron chi connectivity index (χ4n) is 2.61. The van der Waals surface area contributed by atoms with Crippen molar-refractivity contribution in [2.45, 2.75) is 12.8 Å². The van der Waals surface area contributed by atoms with E-state index in [-0.39, 0.29) is 30.4 Å². The Morgan fingerprint density at radius 3 is 2.65 bits per heavy atom. The maximum atomic E-state index is 14.9. The smallest absolute Gasteiger partial charge is 0.312 e. The van der Waals surface area contributed by atoms with E-state index < -0.39 is 5.97 Å². The quantitative estimate of drug-likeness (QED) is 0.577. The minimum atomic E-state index is -1.05. The predicted octanol–water partition coefficient (Wildman–Crippen LogP) is 3.70. The van der Waals surface area contributed by atoms with Crippen LogP contribution in [0.2, 0.25) is 0 Å². The standard InChI is InChI=1S/C18H12FN3O3S/c19-17-11(10-4-2-1-3-5-10)6-7-12-18(17)26-15(20-12)8-13-21-22-14(25-13)9-16(23)24/h1-7H,8-9H2,(H,23,24). The maximum Gasteiger partial charge on any atom is 0.312 e. The average Bonchev–Trinajstić information content (AvgIpc) is 3.23. The van der Waals surface area contributed by atoms with Crippen LogP contribution < -0.4 is 0 Å². The largest absolute Gasteiger partial charge is 0.481 e. The number of aromatic nitrogens is 3. The molecule has 0 aliphatic carbocycles. The van der Waals surface area contributed by atoms with Crippen LogP contribution in [0.25, 0.3) is 21.3 Å². The highest BCUT2D eigenvalue weighted by molar-refractivity contribution is 7.18. The zero-order valence-electron chi connectivity index (χ0n) is 13.3. The molecule has 130 valence electrons. The maximum absolute atomic E-state index is 14.9. The Balaban J connectivity index is 1.64. The number of nitrogens with zero attached hydrogens (tertiary/aromatic N) is 3. The Hall–Kier alpha value is -3.13. The Morgan fingerprint density at radius 1 is 1.12 bits per heavy atom. The molecule has 8 heteroatoms. The molecule has 0 aliphatic heterocycles. The van der Waals surface area contributed by atoms with Gasteiger partial charge in [0, 0.05) is 5.56 Å². The molecule has 0 fully saturated rings. The van der Waals surface area contributed by atoms with Crippen LogP contribution in [-0.2, 0) is 17.6 Å². The third kappa shape index (κ3) is 3.18. The zero-order chi connectivity index (χ0) is 18.1. The van der Waals surface area contributed by atoms with Gasteiger partial charge in [-0.3, -0.25) is 4.79 Å². The molecule has 26 heavy (non-hydrogen) atoms. The predicted molar refractivity (Wildman–Crippen MR) is 93.5 cm³/mol. The van der Waals surface area contributed by atoms with Crippen LogP contribution in [-0.4, -0.2) is 26.3 Å². The summed E-state index contributed by atoms with van der Waals surface area (Å²) >= 11 is 1.22. The molecule has 0 saturated carbocycles. The summed E-state index contributed by atoms with van der Waals surface area (Å²) in [5.74, 6) is -1.07. The molecule has 2 aromatic heterocycles. The molecule has 0 atom stereocenters. The number of fused-ring (bicyclic) bond motifs is 1. The SMILES string of the molecule is O=C(O)Cc1nnc(Cc2nc3ccc(-c4ccccc4)c(F)c3s2)o1. The second-order valence-electron chi connectivity index (χ2n) is 5.59. The number of halogens is 1. The van der Waals surface area contributed by atoms with Crippen molar-refractivity contribution < 1.29 is 18.7 Å². The molecule has 4 aromatic rings. The second-order valence-corrected chi connectivity index (χ2v) is 6.67. The van der Waals surface area contributed by atoms with E-state index in [0.717, 1.165) is 5.56 Å². The van der Waals surface area contributed by atoms with E-state index in [4.69, 9.17) is 9.52 Å². The highest BCUT2D eigenvalue weighted by Crippen LogP contribution is 2.32. The lowest BCUT2D eigenvalue weighted by Crippen LogP contribution is -1.99. The highest BCUT2D eigenvalue weighted by atomic mass is 32.1. The number of rotatable bonds is 5. The van der Waals surface area contributed by atoms with Gasteiger partial charge in [-0.1, -0.05) is 30.3 Å². The van der Waals surface area contributed by atoms with E-state index in [2.05, 4.69) is 15.2 Å². The van der Waals surface area contributed by atoms with Gasteiger partial charge in [0.05, 0.1) is 16.6 Å². The molecule has 0 spiro atoms. The lowest BCUT2D eigenvalue weighted by Gasteiger charge is -2.03. The van der Waals surface area contributed by atoms with Gasteiger partial charge in [0.15, 0.2) is 0 Å². The summed E-state index contributed by atoms with van der Waals surface area (Å²) in [6.45, 7) is 0. The number of aliphatic carboxylic acids is 1. The molecule has 0 unspecified atom stereocenters. The van der Waals surface area contributed by atoms with Gasteiger partial charge < -0.3 is 9.52 Å². The van der Waals surface area contributed by atoms with Crippen molar-refractivity contribution in [2.75, 3.05) is 0 Å². The molecule has 6 nitrogen and oxygen atoms in total. The van der Waals surface area contributed by atoms with E-state index in [1.54, 1.807) is 12.1 Å². The van der Waals surface area contributed by atoms with Crippen molar-refractivity contribution in [3.63, 3.8) is 0 Å². The first-order chi connectivity index (χ1) is 12.6. The van der Waals surface area contributed by atoms with E-state index in [0.29, 0.717) is 20.8 Å². The molecule has 2 heterocycles. The summed E-state index contributed by atoms with van der Waals surface area (Å²) in [5, 5.41) is 16.9. The molecule has 2 aromatic carbocycles. The van der Waals surface area contributed by atoms with Crippen LogP contribution in [0.15, 0.2) is 46.9 Å². The van der Waals surface area contributed by atoms with E-state index in [1.165, 1.54) is 11.3 Å². The second kappa shape index (κ2) is 6.64. The summed E-state index contributed by atoms with van der Waals surface area (Å²) in [6, 6.07) is 12.8. The molecule has 0 bridgehead atoms. The van der Waals surface area contributed by atoms with Crippen molar-refractivity contribution in [1.82, 2.24) is 15.2 Å². The number of hydrogen-bond acceptors (Lipinski definition) is 6. The first-order valence-electron chi connectivity index (χ1n) is 7.76. The zero-order valence-corrected chi connectivity index (χ0v) is 14.2. The minimum absolute atomic E-state index is 0.0335. The number of carbonyl (C=O) groups is 1. The summed E-state index contributed by atoms with van der Waals surface area (Å²) in [6.07, 6.45) is -0.103. The van der Waals surface area contributed by atoms with Gasteiger partial charge in [0.25, 0.3) is 0 Å². The van der Waals surface area contributed by atoms with Gasteiger partial charge in [0.2, 0.25) is 11.8 Å². The van der Waals surface area contributed by atoms with Gasteiger partial charge in [-0.25, -0.2) is 9.37 Å². The van der Waals surface area contributed by atoms with Crippen molar-refractivity contribution in [1.29, 1.82) is 0 Å². The third-order valence-electron chi connectivity index (χ3n) is 3.74. The number of thiazole rings is 1. The van der Waals surface area contributed by atoms with Crippen molar-refractivity contribution in [3.05, 3.63) is 65.1 Å². The molecule has 0 saturated heterocycles. The monoisotopic (exact) mass is 369 g/mol. The van der Waals surface area contributed by atoms with Crippen molar-refractivity contribution >= 4 is 27.5 Å². The number of benzene rings is 2. The van der Waals surface area contributed by atoms with Gasteiger partial charge in [-0.2, -0.15) is 0 Å². The normalized spacial score (nSPS) is 11.1. The molecular weight excluding hydrogens is 357 g/mol. The highest BCUT2D eigenvalue weighted by Gasteiger charge is 2.16. The fraction of sp³-hybridized carbons (Fsp3) is 0.111. The molecule has 0 radical (unpaired) electrons. The molecule has 0 amide bonds. The minimum Gasteiger partial charge on any atom is -0.481 e. The lowest BCUT2D eigenvalue weighted by molar-refractivity contribution is -0.136. The fourth-order valence-corrected chi connectivity index (χ4v) is 3.61. The van der Waals surface area contributed by atoms with Crippen molar-refractivity contribution in [3.8, 4) is 11.1 Å². The van der Waals surface area contributed by atoms with Crippen LogP contribution in [0.3, 0.4) is 0 Å². The first kappa shape index (κ1) is 16.3. The van der Waals surface area contributed by atoms with Crippen LogP contribution in [0, 0.1) is 5.82 Å². The first-order valence-corrected chi connectivity index (χ1v) is 8.58. The lowest BCUT2D eigenvalue weighted by atomic mass is 10.1. The Morgan fingerprint density at radius 2 is 1.88 bits per heavy atom. The van der Waals surface area contributed by atoms with Gasteiger partial charge in [0.1, 0.15) is 17.2 Å². The molecular formula is C18H12FN3O3S.